The number of hydrogen-bond donors (Lipinski definition) is 1. The molecule has 5 nitrogen and oxygen atoms in total. The Morgan fingerprint density at radius 2 is 2.10 bits per heavy atom. The molecule has 0 aliphatic carbocycles. The number of sulfone groups is 1. The Kier molecular flexibility index (Phi) is 6.95. The first-order valence-corrected chi connectivity index (χ1v) is 9.36. The summed E-state index contributed by atoms with van der Waals surface area (Å²) < 4.78 is 22.9. The highest BCUT2D eigenvalue weighted by Crippen LogP contribution is 2.16. The van der Waals surface area contributed by atoms with Crippen LogP contribution < -0.4 is 5.32 Å². The fraction of sp³-hybridized carbons (Fsp3) is 0.929. The number of nitrogens with zero attached hydrogens (tertiary/aromatic N) is 1. The summed E-state index contributed by atoms with van der Waals surface area (Å²) in [6.07, 6.45) is 5.15. The van der Waals surface area contributed by atoms with E-state index in [-0.39, 0.29) is 36.0 Å². The fourth-order valence-electron chi connectivity index (χ4n) is 2.57. The van der Waals surface area contributed by atoms with E-state index in [1.165, 1.54) is 12.8 Å². The Hall–Kier alpha value is -0.620. The Balaban J connectivity index is 2.28. The van der Waals surface area contributed by atoms with Gasteiger partial charge in [0, 0.05) is 12.1 Å². The molecule has 1 heterocycles. The smallest absolute Gasteiger partial charge is 0.234 e. The van der Waals surface area contributed by atoms with Crippen LogP contribution >= 0.6 is 0 Å². The lowest BCUT2D eigenvalue weighted by Gasteiger charge is -2.23. The maximum Gasteiger partial charge on any atom is 0.234 e. The van der Waals surface area contributed by atoms with Gasteiger partial charge in [-0.25, -0.2) is 8.42 Å². The topological polar surface area (TPSA) is 66.5 Å². The van der Waals surface area contributed by atoms with Crippen LogP contribution in [0.3, 0.4) is 0 Å². The zero-order valence-electron chi connectivity index (χ0n) is 12.9. The van der Waals surface area contributed by atoms with Crippen molar-refractivity contribution >= 4 is 15.7 Å². The fourth-order valence-corrected chi connectivity index (χ4v) is 4.38. The molecule has 0 aromatic carbocycles. The van der Waals surface area contributed by atoms with Gasteiger partial charge in [-0.3, -0.25) is 9.69 Å². The van der Waals surface area contributed by atoms with Crippen LogP contribution in [0.15, 0.2) is 0 Å². The molecule has 2 unspecified atom stereocenters. The second-order valence-corrected chi connectivity index (χ2v) is 8.17. The molecule has 118 valence electrons. The van der Waals surface area contributed by atoms with Crippen LogP contribution in [0, 0.1) is 0 Å². The number of likely N-dealkylation sites (N-methyl/N-ethyl adjacent to an activating group) is 1. The molecule has 1 saturated heterocycles. The normalized spacial score (nSPS) is 22.9. The molecule has 0 bridgehead atoms. The first-order valence-electron chi connectivity index (χ1n) is 7.54. The number of carbonyl (C=O) groups is 1. The molecule has 6 heteroatoms. The third-order valence-corrected chi connectivity index (χ3v) is 5.62. The monoisotopic (exact) mass is 304 g/mol. The number of rotatable bonds is 8. The van der Waals surface area contributed by atoms with Crippen LogP contribution in [0.5, 0.6) is 0 Å². The summed E-state index contributed by atoms with van der Waals surface area (Å²) in [6.45, 7) is 4.46. The van der Waals surface area contributed by atoms with E-state index >= 15 is 0 Å². The largest absolute Gasteiger partial charge is 0.353 e. The summed E-state index contributed by atoms with van der Waals surface area (Å²) >= 11 is 0. The second-order valence-electron chi connectivity index (χ2n) is 5.94. The highest BCUT2D eigenvalue weighted by atomic mass is 32.2. The van der Waals surface area contributed by atoms with Gasteiger partial charge in [0.25, 0.3) is 0 Å². The van der Waals surface area contributed by atoms with Gasteiger partial charge in [-0.1, -0.05) is 26.2 Å². The molecule has 0 spiro atoms. The Morgan fingerprint density at radius 1 is 1.40 bits per heavy atom. The molecule has 1 amide bonds. The van der Waals surface area contributed by atoms with E-state index in [4.69, 9.17) is 0 Å². The predicted octanol–water partition coefficient (Wildman–Crippen LogP) is 1.19. The van der Waals surface area contributed by atoms with Crippen molar-refractivity contribution in [1.82, 2.24) is 10.2 Å². The predicted molar refractivity (Wildman–Crippen MR) is 81.4 cm³/mol. The number of unbranched alkanes of at least 4 members (excludes halogenated alkanes) is 2. The first kappa shape index (κ1) is 17.4. The van der Waals surface area contributed by atoms with Crippen molar-refractivity contribution in [1.29, 1.82) is 0 Å². The van der Waals surface area contributed by atoms with Gasteiger partial charge in [-0.15, -0.1) is 0 Å². The molecule has 1 N–H and O–H groups in total. The molecular formula is C14H28N2O3S. The third kappa shape index (κ3) is 6.22. The molecule has 0 saturated carbocycles. The molecule has 1 fully saturated rings. The molecule has 1 aliphatic heterocycles. The summed E-state index contributed by atoms with van der Waals surface area (Å²) in [4.78, 5) is 13.8. The van der Waals surface area contributed by atoms with Crippen molar-refractivity contribution in [3.63, 3.8) is 0 Å². The van der Waals surface area contributed by atoms with Crippen molar-refractivity contribution in [2.75, 3.05) is 25.1 Å². The van der Waals surface area contributed by atoms with Crippen LogP contribution in [0.4, 0.5) is 0 Å². The minimum absolute atomic E-state index is 0.0128. The molecule has 0 aromatic rings. The molecule has 2 atom stereocenters. The molecule has 0 radical (unpaired) electrons. The standard InChI is InChI=1S/C14H28N2O3S/c1-4-5-6-7-12(2)15-14(17)10-16(3)13-8-9-20(18,19)11-13/h12-13H,4-11H2,1-3H3,(H,15,17). The van der Waals surface area contributed by atoms with E-state index < -0.39 is 9.84 Å². The van der Waals surface area contributed by atoms with Crippen molar-refractivity contribution < 1.29 is 13.2 Å². The van der Waals surface area contributed by atoms with Crippen LogP contribution in [-0.2, 0) is 14.6 Å². The van der Waals surface area contributed by atoms with Gasteiger partial charge in [0.15, 0.2) is 9.84 Å². The van der Waals surface area contributed by atoms with Gasteiger partial charge in [-0.2, -0.15) is 0 Å². The maximum atomic E-state index is 11.9. The van der Waals surface area contributed by atoms with Crippen molar-refractivity contribution in [3.05, 3.63) is 0 Å². The van der Waals surface area contributed by atoms with Gasteiger partial charge in [0.05, 0.1) is 18.1 Å². The highest BCUT2D eigenvalue weighted by Gasteiger charge is 2.31. The van der Waals surface area contributed by atoms with E-state index in [1.807, 2.05) is 18.9 Å². The number of nitrogens with one attached hydrogen (secondary N) is 1. The minimum Gasteiger partial charge on any atom is -0.353 e. The minimum atomic E-state index is -2.89. The molecule has 0 aromatic heterocycles. The SMILES string of the molecule is CCCCCC(C)NC(=O)CN(C)C1CCS(=O)(=O)C1. The molecular weight excluding hydrogens is 276 g/mol. The van der Waals surface area contributed by atoms with E-state index in [1.54, 1.807) is 0 Å². The van der Waals surface area contributed by atoms with Gasteiger partial charge in [-0.05, 0) is 26.8 Å². The Labute approximate surface area is 123 Å². The quantitative estimate of drug-likeness (QED) is 0.684. The van der Waals surface area contributed by atoms with E-state index in [0.717, 1.165) is 12.8 Å². The number of carbonyl (C=O) groups excluding carboxylic acids is 1. The average Bonchev–Trinajstić information content (AvgIpc) is 2.70. The van der Waals surface area contributed by atoms with Crippen LogP contribution in [0.2, 0.25) is 0 Å². The third-order valence-electron chi connectivity index (χ3n) is 3.87. The average molecular weight is 304 g/mol. The van der Waals surface area contributed by atoms with E-state index in [9.17, 15) is 13.2 Å². The van der Waals surface area contributed by atoms with Crippen molar-refractivity contribution in [2.24, 2.45) is 0 Å². The molecule has 1 rings (SSSR count). The van der Waals surface area contributed by atoms with Crippen LogP contribution in [0.25, 0.3) is 0 Å². The number of hydrogen-bond acceptors (Lipinski definition) is 4. The first-order chi connectivity index (χ1) is 9.34. The number of amides is 1. The lowest BCUT2D eigenvalue weighted by atomic mass is 10.1. The van der Waals surface area contributed by atoms with E-state index in [0.29, 0.717) is 6.42 Å². The van der Waals surface area contributed by atoms with Gasteiger partial charge in [0.2, 0.25) is 5.91 Å². The summed E-state index contributed by atoms with van der Waals surface area (Å²) in [7, 11) is -1.06. The maximum absolute atomic E-state index is 11.9. The van der Waals surface area contributed by atoms with E-state index in [2.05, 4.69) is 12.2 Å². The Morgan fingerprint density at radius 3 is 2.65 bits per heavy atom. The molecule has 1 aliphatic rings. The lowest BCUT2D eigenvalue weighted by Crippen LogP contribution is -2.43. The van der Waals surface area contributed by atoms with Crippen molar-refractivity contribution in [3.8, 4) is 0 Å². The molecule has 20 heavy (non-hydrogen) atoms. The summed E-state index contributed by atoms with van der Waals surface area (Å²) in [5, 5.41) is 2.98. The zero-order valence-corrected chi connectivity index (χ0v) is 13.7. The summed E-state index contributed by atoms with van der Waals surface area (Å²) in [6, 6.07) is 0.177. The van der Waals surface area contributed by atoms with Crippen LogP contribution in [0.1, 0.15) is 46.0 Å². The van der Waals surface area contributed by atoms with Gasteiger partial charge in [0.1, 0.15) is 0 Å². The highest BCUT2D eigenvalue weighted by molar-refractivity contribution is 7.91. The zero-order chi connectivity index (χ0) is 15.2. The van der Waals surface area contributed by atoms with Crippen molar-refractivity contribution in [2.45, 2.75) is 58.0 Å². The summed E-state index contributed by atoms with van der Waals surface area (Å²) in [5.74, 6) is 0.417. The lowest BCUT2D eigenvalue weighted by molar-refractivity contribution is -0.123. The van der Waals surface area contributed by atoms with Crippen LogP contribution in [-0.4, -0.2) is 56.4 Å². The van der Waals surface area contributed by atoms with Gasteiger partial charge >= 0.3 is 0 Å². The van der Waals surface area contributed by atoms with Gasteiger partial charge < -0.3 is 5.32 Å². The Bertz CT molecular complexity index is 409. The summed E-state index contributed by atoms with van der Waals surface area (Å²) in [5.41, 5.74) is 0. The second kappa shape index (κ2) is 7.98.